The molecule has 0 atom stereocenters. The van der Waals surface area contributed by atoms with Gasteiger partial charge in [0.05, 0.1) is 6.61 Å². The van der Waals surface area contributed by atoms with Crippen molar-refractivity contribution in [3.63, 3.8) is 0 Å². The van der Waals surface area contributed by atoms with Gasteiger partial charge in [0.1, 0.15) is 0 Å². The van der Waals surface area contributed by atoms with E-state index in [9.17, 15) is 0 Å². The number of rotatable bonds is 8. The molecule has 0 radical (unpaired) electrons. The van der Waals surface area contributed by atoms with Crippen LogP contribution in [0.5, 0.6) is 5.88 Å². The third-order valence-electron chi connectivity index (χ3n) is 2.45. The average molecular weight is 316 g/mol. The Hall–Kier alpha value is -0.650. The van der Waals surface area contributed by atoms with E-state index >= 15 is 0 Å². The molecule has 0 aliphatic carbocycles. The van der Waals surface area contributed by atoms with Gasteiger partial charge in [-0.2, -0.15) is 0 Å². The van der Waals surface area contributed by atoms with Gasteiger partial charge in [-0.25, -0.2) is 4.98 Å². The lowest BCUT2D eigenvalue weighted by Gasteiger charge is -2.12. The zero-order valence-corrected chi connectivity index (χ0v) is 13.0. The minimum atomic E-state index is 0.700. The standard InChI is InChI=1S/C13H22BrN3O/c1-4-15-9-11-8-12(14)10-16-13(11)18-7-5-6-17(2)3/h8,10,15H,4-7,9H2,1-3H3. The van der Waals surface area contributed by atoms with E-state index in [0.29, 0.717) is 6.61 Å². The number of pyridine rings is 1. The van der Waals surface area contributed by atoms with Crippen LogP contribution >= 0.6 is 15.9 Å². The summed E-state index contributed by atoms with van der Waals surface area (Å²) < 4.78 is 6.72. The van der Waals surface area contributed by atoms with Gasteiger partial charge in [-0.15, -0.1) is 0 Å². The molecule has 1 aromatic heterocycles. The summed E-state index contributed by atoms with van der Waals surface area (Å²) in [6.07, 6.45) is 2.78. The molecule has 1 N–H and O–H groups in total. The van der Waals surface area contributed by atoms with E-state index < -0.39 is 0 Å². The molecule has 18 heavy (non-hydrogen) atoms. The predicted octanol–water partition coefficient (Wildman–Crippen LogP) is 2.28. The fourth-order valence-electron chi connectivity index (χ4n) is 1.53. The Labute approximate surface area is 118 Å². The molecule has 1 heterocycles. The van der Waals surface area contributed by atoms with Crippen LogP contribution in [0.2, 0.25) is 0 Å². The first-order valence-electron chi connectivity index (χ1n) is 6.26. The molecule has 1 rings (SSSR count). The van der Waals surface area contributed by atoms with Crippen molar-refractivity contribution >= 4 is 15.9 Å². The summed E-state index contributed by atoms with van der Waals surface area (Å²) in [6, 6.07) is 2.05. The van der Waals surface area contributed by atoms with E-state index in [2.05, 4.69) is 58.2 Å². The molecule has 0 saturated heterocycles. The smallest absolute Gasteiger partial charge is 0.217 e. The van der Waals surface area contributed by atoms with E-state index in [1.54, 1.807) is 6.20 Å². The Balaban J connectivity index is 2.52. The number of hydrogen-bond donors (Lipinski definition) is 1. The van der Waals surface area contributed by atoms with Gasteiger partial charge in [0.15, 0.2) is 0 Å². The molecule has 5 heteroatoms. The highest BCUT2D eigenvalue weighted by atomic mass is 79.9. The van der Waals surface area contributed by atoms with Crippen molar-refractivity contribution in [2.45, 2.75) is 19.9 Å². The molecule has 0 aliphatic rings. The Bertz CT molecular complexity index is 358. The molecule has 0 saturated carbocycles. The van der Waals surface area contributed by atoms with Crippen LogP contribution < -0.4 is 10.1 Å². The summed E-state index contributed by atoms with van der Waals surface area (Å²) in [5.74, 6) is 0.734. The number of nitrogens with one attached hydrogen (secondary N) is 1. The molecule has 0 bridgehead atoms. The SMILES string of the molecule is CCNCc1cc(Br)cnc1OCCCN(C)C. The Morgan fingerprint density at radius 1 is 1.44 bits per heavy atom. The van der Waals surface area contributed by atoms with Crippen LogP contribution in [0.15, 0.2) is 16.7 Å². The second kappa shape index (κ2) is 8.45. The van der Waals surface area contributed by atoms with E-state index in [1.807, 2.05) is 0 Å². The maximum absolute atomic E-state index is 5.74. The molecule has 102 valence electrons. The minimum absolute atomic E-state index is 0.700. The highest BCUT2D eigenvalue weighted by Gasteiger charge is 2.06. The Morgan fingerprint density at radius 3 is 2.89 bits per heavy atom. The fraction of sp³-hybridized carbons (Fsp3) is 0.615. The maximum Gasteiger partial charge on any atom is 0.217 e. The highest BCUT2D eigenvalue weighted by Crippen LogP contribution is 2.20. The van der Waals surface area contributed by atoms with Crippen molar-refractivity contribution in [3.05, 3.63) is 22.3 Å². The fourth-order valence-corrected chi connectivity index (χ4v) is 1.91. The van der Waals surface area contributed by atoms with Crippen molar-refractivity contribution in [2.24, 2.45) is 0 Å². The van der Waals surface area contributed by atoms with E-state index in [0.717, 1.165) is 42.0 Å². The number of hydrogen-bond acceptors (Lipinski definition) is 4. The summed E-state index contributed by atoms with van der Waals surface area (Å²) in [5.41, 5.74) is 1.09. The zero-order valence-electron chi connectivity index (χ0n) is 11.4. The normalized spacial score (nSPS) is 10.9. The first kappa shape index (κ1) is 15.4. The lowest BCUT2D eigenvalue weighted by atomic mass is 10.2. The number of ether oxygens (including phenoxy) is 1. The maximum atomic E-state index is 5.74. The largest absolute Gasteiger partial charge is 0.477 e. The molecule has 0 fully saturated rings. The summed E-state index contributed by atoms with van der Waals surface area (Å²) in [7, 11) is 4.13. The molecule has 0 amide bonds. The van der Waals surface area contributed by atoms with Crippen LogP contribution in [-0.4, -0.2) is 43.7 Å². The van der Waals surface area contributed by atoms with Gasteiger partial charge in [-0.1, -0.05) is 6.92 Å². The summed E-state index contributed by atoms with van der Waals surface area (Å²) in [4.78, 5) is 6.48. The van der Waals surface area contributed by atoms with Crippen LogP contribution in [-0.2, 0) is 6.54 Å². The topological polar surface area (TPSA) is 37.4 Å². The molecule has 1 aromatic rings. The molecule has 0 unspecified atom stereocenters. The number of nitrogens with zero attached hydrogens (tertiary/aromatic N) is 2. The van der Waals surface area contributed by atoms with Gasteiger partial charge < -0.3 is 15.0 Å². The molecule has 0 aliphatic heterocycles. The van der Waals surface area contributed by atoms with Crippen LogP contribution in [0, 0.1) is 0 Å². The zero-order chi connectivity index (χ0) is 13.4. The summed E-state index contributed by atoms with van der Waals surface area (Å²) in [6.45, 7) is 5.53. The van der Waals surface area contributed by atoms with Gasteiger partial charge in [0.25, 0.3) is 0 Å². The van der Waals surface area contributed by atoms with Gasteiger partial charge in [0, 0.05) is 29.3 Å². The molecule has 0 aromatic carbocycles. The third-order valence-corrected chi connectivity index (χ3v) is 2.88. The predicted molar refractivity (Wildman–Crippen MR) is 78.0 cm³/mol. The van der Waals surface area contributed by atoms with Crippen molar-refractivity contribution in [1.29, 1.82) is 0 Å². The lowest BCUT2D eigenvalue weighted by Crippen LogP contribution is -2.17. The van der Waals surface area contributed by atoms with Crippen molar-refractivity contribution in [3.8, 4) is 5.88 Å². The lowest BCUT2D eigenvalue weighted by molar-refractivity contribution is 0.270. The minimum Gasteiger partial charge on any atom is -0.477 e. The Morgan fingerprint density at radius 2 is 2.22 bits per heavy atom. The first-order chi connectivity index (χ1) is 8.63. The van der Waals surface area contributed by atoms with Gasteiger partial charge >= 0.3 is 0 Å². The van der Waals surface area contributed by atoms with Crippen LogP contribution in [0.1, 0.15) is 18.9 Å². The molecule has 4 nitrogen and oxygen atoms in total. The van der Waals surface area contributed by atoms with E-state index in [-0.39, 0.29) is 0 Å². The van der Waals surface area contributed by atoms with Crippen molar-refractivity contribution < 1.29 is 4.74 Å². The highest BCUT2D eigenvalue weighted by molar-refractivity contribution is 9.10. The molecular formula is C13H22BrN3O. The molecular weight excluding hydrogens is 294 g/mol. The average Bonchev–Trinajstić information content (AvgIpc) is 2.33. The molecule has 0 spiro atoms. The number of aromatic nitrogens is 1. The first-order valence-corrected chi connectivity index (χ1v) is 7.05. The monoisotopic (exact) mass is 315 g/mol. The second-order valence-corrected chi connectivity index (χ2v) is 5.32. The van der Waals surface area contributed by atoms with Crippen LogP contribution in [0.4, 0.5) is 0 Å². The van der Waals surface area contributed by atoms with Gasteiger partial charge in [-0.3, -0.25) is 0 Å². The Kier molecular flexibility index (Phi) is 7.23. The quantitative estimate of drug-likeness (QED) is 0.747. The number of halogens is 1. The van der Waals surface area contributed by atoms with Gasteiger partial charge in [0.2, 0.25) is 5.88 Å². The van der Waals surface area contributed by atoms with Crippen molar-refractivity contribution in [2.75, 3.05) is 33.8 Å². The second-order valence-electron chi connectivity index (χ2n) is 4.40. The van der Waals surface area contributed by atoms with Crippen LogP contribution in [0.25, 0.3) is 0 Å². The third kappa shape index (κ3) is 5.80. The van der Waals surface area contributed by atoms with E-state index in [4.69, 9.17) is 4.74 Å². The van der Waals surface area contributed by atoms with Crippen LogP contribution in [0.3, 0.4) is 0 Å². The van der Waals surface area contributed by atoms with Crippen molar-refractivity contribution in [1.82, 2.24) is 15.2 Å². The van der Waals surface area contributed by atoms with Gasteiger partial charge in [-0.05, 0) is 49.1 Å². The summed E-state index contributed by atoms with van der Waals surface area (Å²) >= 11 is 3.44. The van der Waals surface area contributed by atoms with E-state index in [1.165, 1.54) is 0 Å². The summed E-state index contributed by atoms with van der Waals surface area (Å²) in [5, 5.41) is 3.29.